The molecule has 3 rings (SSSR count). The summed E-state index contributed by atoms with van der Waals surface area (Å²) in [7, 11) is 0. The Kier molecular flexibility index (Phi) is 3.87. The van der Waals surface area contributed by atoms with Crippen LogP contribution in [0.5, 0.6) is 5.75 Å². The largest absolute Gasteiger partial charge is 0.505 e. The third-order valence-electron chi connectivity index (χ3n) is 3.80. The molecule has 0 aromatic heterocycles. The van der Waals surface area contributed by atoms with E-state index in [1.165, 1.54) is 0 Å². The van der Waals surface area contributed by atoms with E-state index in [1.807, 2.05) is 55.5 Å². The number of benzene rings is 3. The zero-order valence-corrected chi connectivity index (χ0v) is 12.6. The van der Waals surface area contributed by atoms with Gasteiger partial charge in [-0.1, -0.05) is 42.5 Å². The fraction of sp³-hybridized carbons (Fsp3) is 0.0556. The number of phenols is 1. The van der Waals surface area contributed by atoms with Gasteiger partial charge in [0, 0.05) is 11.1 Å². The molecule has 0 spiro atoms. The van der Waals surface area contributed by atoms with Gasteiger partial charge >= 0.3 is 0 Å². The number of hydrazine groups is 1. The minimum atomic E-state index is -0.390. The van der Waals surface area contributed by atoms with Crippen LogP contribution in [0, 0.1) is 6.92 Å². The minimum Gasteiger partial charge on any atom is -0.505 e. The molecule has 5 N–H and O–H groups in total. The van der Waals surface area contributed by atoms with Crippen molar-refractivity contribution in [3.8, 4) is 5.75 Å². The second kappa shape index (κ2) is 5.98. The number of amides is 1. The first-order chi connectivity index (χ1) is 11.1. The number of aryl methyl sites for hydroxylation is 1. The first-order valence-electron chi connectivity index (χ1n) is 7.20. The fourth-order valence-corrected chi connectivity index (χ4v) is 2.56. The lowest BCUT2D eigenvalue weighted by Crippen LogP contribution is -2.15. The molecule has 0 fully saturated rings. The standard InChI is InChI=1S/C18H17N3O2/c1-11-6-2-5-9-15(11)20-18(23)14-10-12-7-3-4-8-13(12)16(21-19)17(14)22/h2-10,21-22H,19H2,1H3,(H,20,23). The average Bonchev–Trinajstić information content (AvgIpc) is 2.56. The molecule has 116 valence electrons. The normalized spacial score (nSPS) is 10.5. The predicted octanol–water partition coefficient (Wildman–Crippen LogP) is 3.39. The van der Waals surface area contributed by atoms with Crippen LogP contribution >= 0.6 is 0 Å². The highest BCUT2D eigenvalue weighted by atomic mass is 16.3. The second-order valence-electron chi connectivity index (χ2n) is 5.28. The number of anilines is 2. The Bertz CT molecular complexity index is 891. The molecule has 0 unspecified atom stereocenters. The van der Waals surface area contributed by atoms with Gasteiger partial charge in [0.05, 0.1) is 11.3 Å². The van der Waals surface area contributed by atoms with Gasteiger partial charge in [-0.05, 0) is 30.0 Å². The van der Waals surface area contributed by atoms with E-state index in [9.17, 15) is 9.90 Å². The Morgan fingerprint density at radius 1 is 1.09 bits per heavy atom. The summed E-state index contributed by atoms with van der Waals surface area (Å²) in [5.41, 5.74) is 4.62. The zero-order chi connectivity index (χ0) is 16.4. The summed E-state index contributed by atoms with van der Waals surface area (Å²) < 4.78 is 0. The number of aromatic hydroxyl groups is 1. The number of carbonyl (C=O) groups excluding carboxylic acids is 1. The molecule has 0 radical (unpaired) electrons. The van der Waals surface area contributed by atoms with Crippen molar-refractivity contribution in [2.45, 2.75) is 6.92 Å². The third kappa shape index (κ3) is 2.69. The van der Waals surface area contributed by atoms with Gasteiger partial charge in [-0.15, -0.1) is 0 Å². The third-order valence-corrected chi connectivity index (χ3v) is 3.80. The number of phenolic OH excluding ortho intramolecular Hbond substituents is 1. The van der Waals surface area contributed by atoms with Crippen molar-refractivity contribution in [3.05, 3.63) is 65.7 Å². The van der Waals surface area contributed by atoms with E-state index in [0.29, 0.717) is 11.4 Å². The number of nitrogens with two attached hydrogens (primary N) is 1. The number of nitrogens with one attached hydrogen (secondary N) is 2. The summed E-state index contributed by atoms with van der Waals surface area (Å²) in [6.07, 6.45) is 0. The molecule has 0 saturated heterocycles. The predicted molar refractivity (Wildman–Crippen MR) is 92.6 cm³/mol. The molecule has 5 heteroatoms. The van der Waals surface area contributed by atoms with E-state index in [-0.39, 0.29) is 17.2 Å². The minimum absolute atomic E-state index is 0.167. The Balaban J connectivity index is 2.07. The number of rotatable bonds is 3. The van der Waals surface area contributed by atoms with E-state index in [4.69, 9.17) is 5.84 Å². The van der Waals surface area contributed by atoms with Gasteiger partial charge in [-0.2, -0.15) is 0 Å². The number of hydrogen-bond donors (Lipinski definition) is 4. The zero-order valence-electron chi connectivity index (χ0n) is 12.6. The maximum Gasteiger partial charge on any atom is 0.259 e. The first kappa shape index (κ1) is 14.9. The lowest BCUT2D eigenvalue weighted by molar-refractivity contribution is 0.102. The highest BCUT2D eigenvalue weighted by Gasteiger charge is 2.18. The highest BCUT2D eigenvalue weighted by Crippen LogP contribution is 2.35. The first-order valence-corrected chi connectivity index (χ1v) is 7.20. The molecule has 23 heavy (non-hydrogen) atoms. The van der Waals surface area contributed by atoms with Crippen LogP contribution in [-0.2, 0) is 0 Å². The number of para-hydroxylation sites is 1. The van der Waals surface area contributed by atoms with E-state index in [2.05, 4.69) is 10.7 Å². The summed E-state index contributed by atoms with van der Waals surface area (Å²) >= 11 is 0. The van der Waals surface area contributed by atoms with Crippen molar-refractivity contribution in [1.82, 2.24) is 0 Å². The van der Waals surface area contributed by atoms with E-state index in [1.54, 1.807) is 6.07 Å². The summed E-state index contributed by atoms with van der Waals surface area (Å²) in [5, 5.41) is 14.8. The molecular weight excluding hydrogens is 290 g/mol. The van der Waals surface area contributed by atoms with Crippen LogP contribution < -0.4 is 16.6 Å². The van der Waals surface area contributed by atoms with Gasteiger partial charge in [0.1, 0.15) is 0 Å². The lowest BCUT2D eigenvalue weighted by atomic mass is 10.0. The van der Waals surface area contributed by atoms with Gasteiger partial charge in [-0.25, -0.2) is 0 Å². The van der Waals surface area contributed by atoms with Crippen LogP contribution in [0.1, 0.15) is 15.9 Å². The fourth-order valence-electron chi connectivity index (χ4n) is 2.56. The van der Waals surface area contributed by atoms with Crippen molar-refractivity contribution in [2.24, 2.45) is 5.84 Å². The van der Waals surface area contributed by atoms with Crippen LogP contribution in [-0.4, -0.2) is 11.0 Å². The molecule has 3 aromatic carbocycles. The number of hydrogen-bond acceptors (Lipinski definition) is 4. The average molecular weight is 307 g/mol. The smallest absolute Gasteiger partial charge is 0.259 e. The highest BCUT2D eigenvalue weighted by molar-refractivity contribution is 6.12. The molecule has 3 aromatic rings. The van der Waals surface area contributed by atoms with Crippen LogP contribution in [0.25, 0.3) is 10.8 Å². The summed E-state index contributed by atoms with van der Waals surface area (Å²) in [6, 6.07) is 16.5. The maximum atomic E-state index is 12.6. The van der Waals surface area contributed by atoms with Crippen LogP contribution in [0.2, 0.25) is 0 Å². The maximum absolute atomic E-state index is 12.6. The van der Waals surface area contributed by atoms with Crippen molar-refractivity contribution >= 4 is 28.1 Å². The van der Waals surface area contributed by atoms with Crippen LogP contribution in [0.4, 0.5) is 11.4 Å². The monoisotopic (exact) mass is 307 g/mol. The molecule has 0 saturated carbocycles. The SMILES string of the molecule is Cc1ccccc1NC(=O)c1cc2ccccc2c(NN)c1O. The molecule has 0 heterocycles. The van der Waals surface area contributed by atoms with Crippen molar-refractivity contribution in [3.63, 3.8) is 0 Å². The Morgan fingerprint density at radius 2 is 1.78 bits per heavy atom. The Morgan fingerprint density at radius 3 is 2.52 bits per heavy atom. The molecule has 0 aliphatic carbocycles. The van der Waals surface area contributed by atoms with Gasteiger partial charge < -0.3 is 15.8 Å². The molecule has 0 aliphatic rings. The topological polar surface area (TPSA) is 87.4 Å². The van der Waals surface area contributed by atoms with E-state index < -0.39 is 0 Å². The van der Waals surface area contributed by atoms with Crippen LogP contribution in [0.3, 0.4) is 0 Å². The summed E-state index contributed by atoms with van der Waals surface area (Å²) in [4.78, 5) is 12.6. The quantitative estimate of drug-likeness (QED) is 0.339. The van der Waals surface area contributed by atoms with Gasteiger partial charge in [-0.3, -0.25) is 10.6 Å². The van der Waals surface area contributed by atoms with E-state index in [0.717, 1.165) is 16.3 Å². The van der Waals surface area contributed by atoms with Gasteiger partial charge in [0.15, 0.2) is 5.75 Å². The molecule has 0 atom stereocenters. The molecule has 0 aliphatic heterocycles. The van der Waals surface area contributed by atoms with Gasteiger partial charge in [0.25, 0.3) is 5.91 Å². The van der Waals surface area contributed by atoms with Gasteiger partial charge in [0.2, 0.25) is 0 Å². The Labute approximate surface area is 133 Å². The lowest BCUT2D eigenvalue weighted by Gasteiger charge is -2.14. The summed E-state index contributed by atoms with van der Waals surface area (Å²) in [6.45, 7) is 1.91. The molecular formula is C18H17N3O2. The number of nitrogen functional groups attached to an aromatic ring is 1. The van der Waals surface area contributed by atoms with Crippen LogP contribution in [0.15, 0.2) is 54.6 Å². The van der Waals surface area contributed by atoms with E-state index >= 15 is 0 Å². The number of fused-ring (bicyclic) bond motifs is 1. The molecule has 0 bridgehead atoms. The Hall–Kier alpha value is -3.05. The van der Waals surface area contributed by atoms with Crippen molar-refractivity contribution < 1.29 is 9.90 Å². The molecule has 5 nitrogen and oxygen atoms in total. The summed E-state index contributed by atoms with van der Waals surface area (Å²) in [5.74, 6) is 4.96. The second-order valence-corrected chi connectivity index (χ2v) is 5.28. The van der Waals surface area contributed by atoms with Crippen molar-refractivity contribution in [1.29, 1.82) is 0 Å². The van der Waals surface area contributed by atoms with Crippen molar-refractivity contribution in [2.75, 3.05) is 10.7 Å². The molecule has 1 amide bonds. The number of carbonyl (C=O) groups is 1.